The second-order valence-electron chi connectivity index (χ2n) is 5.48. The van der Waals surface area contributed by atoms with Crippen LogP contribution in [0.2, 0.25) is 5.02 Å². The van der Waals surface area contributed by atoms with Crippen molar-refractivity contribution >= 4 is 51.5 Å². The Morgan fingerprint density at radius 1 is 1.27 bits per heavy atom. The van der Waals surface area contributed by atoms with Crippen molar-refractivity contribution in [1.29, 1.82) is 0 Å². The number of carbonyl (C=O) groups excluding carboxylic acids is 1. The molecular weight excluding hydrogens is 481 g/mol. The van der Waals surface area contributed by atoms with Crippen LogP contribution in [0.4, 0.5) is 20.2 Å². The zero-order valence-corrected chi connectivity index (χ0v) is 16.6. The lowest BCUT2D eigenvalue weighted by Gasteiger charge is -2.14. The van der Waals surface area contributed by atoms with Gasteiger partial charge in [0.05, 0.1) is 34.7 Å². The van der Waals surface area contributed by atoms with E-state index >= 15 is 0 Å². The number of carbonyl (C=O) groups is 1. The molecule has 1 unspecified atom stereocenters. The number of anilines is 2. The second kappa shape index (κ2) is 9.45. The van der Waals surface area contributed by atoms with Crippen LogP contribution in [-0.2, 0) is 4.84 Å². The second-order valence-corrected chi connectivity index (χ2v) is 7.13. The highest BCUT2D eigenvalue weighted by molar-refractivity contribution is 14.1. The minimum absolute atomic E-state index is 0.0311. The van der Waals surface area contributed by atoms with E-state index in [9.17, 15) is 13.6 Å². The smallest absolute Gasteiger partial charge is 0.277 e. The van der Waals surface area contributed by atoms with E-state index in [1.54, 1.807) is 25.1 Å². The number of amides is 1. The molecule has 1 amide bonds. The van der Waals surface area contributed by atoms with Gasteiger partial charge < -0.3 is 10.4 Å². The van der Waals surface area contributed by atoms with Crippen molar-refractivity contribution in [2.24, 2.45) is 0 Å². The van der Waals surface area contributed by atoms with Gasteiger partial charge in [0.1, 0.15) is 0 Å². The van der Waals surface area contributed by atoms with E-state index < -0.39 is 23.6 Å². The van der Waals surface area contributed by atoms with E-state index in [0.717, 1.165) is 15.7 Å². The van der Waals surface area contributed by atoms with Crippen molar-refractivity contribution in [2.45, 2.75) is 19.4 Å². The van der Waals surface area contributed by atoms with Crippen molar-refractivity contribution in [3.8, 4) is 0 Å². The quantitative estimate of drug-likeness (QED) is 0.302. The fourth-order valence-electron chi connectivity index (χ4n) is 1.98. The van der Waals surface area contributed by atoms with Crippen LogP contribution >= 0.6 is 34.2 Å². The van der Waals surface area contributed by atoms with Gasteiger partial charge in [0, 0.05) is 9.64 Å². The monoisotopic (exact) mass is 496 g/mol. The third-order valence-corrected chi connectivity index (χ3v) is 4.29. The van der Waals surface area contributed by atoms with Crippen LogP contribution in [0.3, 0.4) is 0 Å². The summed E-state index contributed by atoms with van der Waals surface area (Å²) in [5, 5.41) is 12.3. The number of hydroxylamine groups is 1. The van der Waals surface area contributed by atoms with E-state index in [1.807, 2.05) is 0 Å². The van der Waals surface area contributed by atoms with Gasteiger partial charge >= 0.3 is 0 Å². The Kier molecular flexibility index (Phi) is 7.56. The van der Waals surface area contributed by atoms with E-state index in [4.69, 9.17) is 21.5 Å². The highest BCUT2D eigenvalue weighted by Crippen LogP contribution is 2.30. The molecule has 0 fully saturated rings. The number of aliphatic hydroxyl groups excluding tert-OH is 1. The highest BCUT2D eigenvalue weighted by atomic mass is 127. The van der Waals surface area contributed by atoms with Crippen molar-refractivity contribution in [3.63, 3.8) is 0 Å². The molecule has 5 nitrogen and oxygen atoms in total. The SMILES string of the molecule is CC(O)CCONC(=O)c1cc(F)c(F)cc1Nc1ccc(I)cc1Cl. The van der Waals surface area contributed by atoms with Gasteiger partial charge in [-0.15, -0.1) is 0 Å². The van der Waals surface area contributed by atoms with E-state index in [1.165, 1.54) is 0 Å². The van der Waals surface area contributed by atoms with Crippen LogP contribution < -0.4 is 10.8 Å². The summed E-state index contributed by atoms with van der Waals surface area (Å²) in [6.07, 6.45) is -0.281. The first-order valence-corrected chi connectivity index (χ1v) is 9.05. The van der Waals surface area contributed by atoms with Gasteiger partial charge in [-0.2, -0.15) is 0 Å². The Morgan fingerprint density at radius 2 is 1.96 bits per heavy atom. The first-order chi connectivity index (χ1) is 12.3. The molecule has 2 aromatic rings. The number of hydrogen-bond acceptors (Lipinski definition) is 4. The molecular formula is C17H16ClF2IN2O3. The maximum atomic E-state index is 13.6. The molecule has 0 spiro atoms. The largest absolute Gasteiger partial charge is 0.393 e. The number of rotatable bonds is 7. The molecule has 0 aliphatic rings. The molecule has 9 heteroatoms. The zero-order chi connectivity index (χ0) is 19.3. The molecule has 2 rings (SSSR count). The third kappa shape index (κ3) is 5.76. The Bertz CT molecular complexity index is 806. The number of benzene rings is 2. The zero-order valence-electron chi connectivity index (χ0n) is 13.7. The maximum absolute atomic E-state index is 13.6. The molecule has 0 saturated heterocycles. The highest BCUT2D eigenvalue weighted by Gasteiger charge is 2.17. The average molecular weight is 497 g/mol. The molecule has 0 aliphatic heterocycles. The Morgan fingerprint density at radius 3 is 2.62 bits per heavy atom. The van der Waals surface area contributed by atoms with Gasteiger partial charge in [-0.25, -0.2) is 14.3 Å². The summed E-state index contributed by atoms with van der Waals surface area (Å²) in [5.41, 5.74) is 2.44. The van der Waals surface area contributed by atoms with Gasteiger partial charge in [0.2, 0.25) is 0 Å². The van der Waals surface area contributed by atoms with Gasteiger partial charge in [-0.1, -0.05) is 11.6 Å². The Balaban J connectivity index is 2.22. The fourth-order valence-corrected chi connectivity index (χ4v) is 2.88. The summed E-state index contributed by atoms with van der Waals surface area (Å²) < 4.78 is 28.1. The van der Waals surface area contributed by atoms with Gasteiger partial charge in [-0.05, 0) is 60.2 Å². The molecule has 140 valence electrons. The molecule has 0 heterocycles. The van der Waals surface area contributed by atoms with Crippen molar-refractivity contribution in [3.05, 3.63) is 56.1 Å². The predicted molar refractivity (Wildman–Crippen MR) is 104 cm³/mol. The number of hydrogen-bond donors (Lipinski definition) is 3. The molecule has 0 radical (unpaired) electrons. The van der Waals surface area contributed by atoms with Crippen LogP contribution in [0.25, 0.3) is 0 Å². The molecule has 0 aliphatic carbocycles. The summed E-state index contributed by atoms with van der Waals surface area (Å²) >= 11 is 8.21. The summed E-state index contributed by atoms with van der Waals surface area (Å²) in [6, 6.07) is 6.75. The van der Waals surface area contributed by atoms with Crippen LogP contribution in [0, 0.1) is 15.2 Å². The predicted octanol–water partition coefficient (Wildman–Crippen LogP) is 4.40. The average Bonchev–Trinajstić information content (AvgIpc) is 2.56. The summed E-state index contributed by atoms with van der Waals surface area (Å²) in [7, 11) is 0. The van der Waals surface area contributed by atoms with Crippen LogP contribution in [0.1, 0.15) is 23.7 Å². The maximum Gasteiger partial charge on any atom is 0.277 e. The van der Waals surface area contributed by atoms with Crippen LogP contribution in [0.5, 0.6) is 0 Å². The van der Waals surface area contributed by atoms with Crippen molar-refractivity contribution in [2.75, 3.05) is 11.9 Å². The van der Waals surface area contributed by atoms with Gasteiger partial charge in [0.25, 0.3) is 5.91 Å². The molecule has 3 N–H and O–H groups in total. The molecule has 0 aromatic heterocycles. The number of aliphatic hydroxyl groups is 1. The molecule has 0 saturated carbocycles. The third-order valence-electron chi connectivity index (χ3n) is 3.31. The van der Waals surface area contributed by atoms with E-state index in [2.05, 4.69) is 33.4 Å². The van der Waals surface area contributed by atoms with E-state index in [-0.39, 0.29) is 17.9 Å². The number of halogens is 4. The topological polar surface area (TPSA) is 70.6 Å². The molecule has 1 atom stereocenters. The molecule has 2 aromatic carbocycles. The lowest BCUT2D eigenvalue weighted by molar-refractivity contribution is 0.0187. The standard InChI is InChI=1S/C17H16ClF2IN2O3/c1-9(24)4-5-26-23-17(25)11-7-13(19)14(20)8-16(11)22-15-3-2-10(21)6-12(15)18/h2-3,6-9,22,24H,4-5H2,1H3,(H,23,25). The summed E-state index contributed by atoms with van der Waals surface area (Å²) in [4.78, 5) is 17.2. The van der Waals surface area contributed by atoms with Crippen LogP contribution in [-0.4, -0.2) is 23.7 Å². The fraction of sp³-hybridized carbons (Fsp3) is 0.235. The normalized spacial score (nSPS) is 11.9. The summed E-state index contributed by atoms with van der Waals surface area (Å²) in [6.45, 7) is 1.64. The Hall–Kier alpha value is -1.49. The van der Waals surface area contributed by atoms with E-state index in [0.29, 0.717) is 17.1 Å². The lowest BCUT2D eigenvalue weighted by atomic mass is 10.1. The molecule has 26 heavy (non-hydrogen) atoms. The Labute approximate surface area is 167 Å². The van der Waals surface area contributed by atoms with Crippen LogP contribution in [0.15, 0.2) is 30.3 Å². The lowest BCUT2D eigenvalue weighted by Crippen LogP contribution is -2.26. The van der Waals surface area contributed by atoms with Crippen molar-refractivity contribution < 1.29 is 23.5 Å². The number of nitrogens with one attached hydrogen (secondary N) is 2. The summed E-state index contributed by atoms with van der Waals surface area (Å²) in [5.74, 6) is -3.04. The minimum Gasteiger partial charge on any atom is -0.393 e. The minimum atomic E-state index is -1.17. The first kappa shape index (κ1) is 20.8. The van der Waals surface area contributed by atoms with Gasteiger partial charge in [-0.3, -0.25) is 9.63 Å². The first-order valence-electron chi connectivity index (χ1n) is 7.59. The van der Waals surface area contributed by atoms with Crippen molar-refractivity contribution in [1.82, 2.24) is 5.48 Å². The molecule has 0 bridgehead atoms. The van der Waals surface area contributed by atoms with Gasteiger partial charge in [0.15, 0.2) is 11.6 Å².